The highest BCUT2D eigenvalue weighted by molar-refractivity contribution is 5.80. The number of morpholine rings is 1. The van der Waals surface area contributed by atoms with Gasteiger partial charge in [-0.1, -0.05) is 12.1 Å². The van der Waals surface area contributed by atoms with Crippen molar-refractivity contribution in [3.63, 3.8) is 0 Å². The fourth-order valence-corrected chi connectivity index (χ4v) is 5.07. The molecule has 5 nitrogen and oxygen atoms in total. The molecule has 1 aliphatic heterocycles. The highest BCUT2D eigenvalue weighted by Crippen LogP contribution is 2.47. The summed E-state index contributed by atoms with van der Waals surface area (Å²) >= 11 is 0. The summed E-state index contributed by atoms with van der Waals surface area (Å²) in [6, 6.07) is 6.61. The van der Waals surface area contributed by atoms with Gasteiger partial charge in [0.1, 0.15) is 5.82 Å². The minimum absolute atomic E-state index is 0.00130. The molecule has 26 heavy (non-hydrogen) atoms. The second-order valence-electron chi connectivity index (χ2n) is 7.90. The van der Waals surface area contributed by atoms with Gasteiger partial charge in [-0.3, -0.25) is 9.69 Å². The molecule has 4 rings (SSSR count). The van der Waals surface area contributed by atoms with Gasteiger partial charge in [0.2, 0.25) is 5.91 Å². The minimum Gasteiger partial charge on any atom is -0.379 e. The lowest BCUT2D eigenvalue weighted by Gasteiger charge is -2.35. The highest BCUT2D eigenvalue weighted by Gasteiger charge is 2.49. The maximum Gasteiger partial charge on any atom is 0.225 e. The van der Waals surface area contributed by atoms with Gasteiger partial charge in [0.15, 0.2) is 0 Å². The molecule has 0 radical (unpaired) electrons. The van der Waals surface area contributed by atoms with Crippen molar-refractivity contribution < 1.29 is 13.9 Å². The number of ether oxygens (including phenoxy) is 1. The van der Waals surface area contributed by atoms with Crippen LogP contribution < -0.4 is 11.1 Å². The molecule has 6 heteroatoms. The van der Waals surface area contributed by atoms with Crippen LogP contribution in [-0.2, 0) is 9.53 Å². The van der Waals surface area contributed by atoms with E-state index in [1.807, 2.05) is 12.1 Å². The number of nitrogens with two attached hydrogens (primary N) is 1. The smallest absolute Gasteiger partial charge is 0.225 e. The van der Waals surface area contributed by atoms with Crippen molar-refractivity contribution in [3.8, 4) is 0 Å². The zero-order valence-electron chi connectivity index (χ0n) is 15.1. The molecular weight excluding hydrogens is 333 g/mol. The van der Waals surface area contributed by atoms with Crippen molar-refractivity contribution >= 4 is 5.91 Å². The van der Waals surface area contributed by atoms with Crippen molar-refractivity contribution in [2.24, 2.45) is 23.5 Å². The first-order chi connectivity index (χ1) is 12.6. The Morgan fingerprint density at radius 3 is 2.58 bits per heavy atom. The molecule has 2 bridgehead atoms. The number of nitrogens with one attached hydrogen (secondary N) is 1. The number of hydrogen-bond donors (Lipinski definition) is 2. The van der Waals surface area contributed by atoms with Gasteiger partial charge < -0.3 is 15.8 Å². The van der Waals surface area contributed by atoms with Crippen LogP contribution in [0.4, 0.5) is 4.39 Å². The molecule has 2 aliphatic carbocycles. The van der Waals surface area contributed by atoms with E-state index in [1.54, 1.807) is 0 Å². The van der Waals surface area contributed by atoms with Crippen molar-refractivity contribution in [1.29, 1.82) is 0 Å². The average molecular weight is 361 g/mol. The van der Waals surface area contributed by atoms with Crippen LogP contribution in [-0.4, -0.2) is 49.7 Å². The summed E-state index contributed by atoms with van der Waals surface area (Å²) in [4.78, 5) is 15.1. The molecule has 3 N–H and O–H groups in total. The molecule has 0 aromatic heterocycles. The normalized spacial score (nSPS) is 32.5. The Hall–Kier alpha value is -1.50. The Kier molecular flexibility index (Phi) is 5.25. The van der Waals surface area contributed by atoms with Crippen LogP contribution in [0.5, 0.6) is 0 Å². The zero-order valence-corrected chi connectivity index (χ0v) is 15.1. The van der Waals surface area contributed by atoms with E-state index in [0.29, 0.717) is 31.6 Å². The number of halogens is 1. The van der Waals surface area contributed by atoms with Gasteiger partial charge in [0, 0.05) is 25.7 Å². The molecule has 5 atom stereocenters. The van der Waals surface area contributed by atoms with Crippen molar-refractivity contribution in [2.75, 3.05) is 32.8 Å². The van der Waals surface area contributed by atoms with Gasteiger partial charge in [0.25, 0.3) is 0 Å². The molecular formula is C20H28FN3O2. The molecule has 1 amide bonds. The van der Waals surface area contributed by atoms with Crippen molar-refractivity contribution in [3.05, 3.63) is 35.6 Å². The number of carbonyl (C=O) groups is 1. The predicted octanol–water partition coefficient (Wildman–Crippen LogP) is 1.69. The topological polar surface area (TPSA) is 67.6 Å². The summed E-state index contributed by atoms with van der Waals surface area (Å²) in [5.74, 6) is 0.759. The van der Waals surface area contributed by atoms with Crippen LogP contribution in [0.1, 0.15) is 30.9 Å². The maximum absolute atomic E-state index is 13.3. The number of benzene rings is 1. The van der Waals surface area contributed by atoms with Gasteiger partial charge in [0.05, 0.1) is 25.2 Å². The molecule has 1 aromatic rings. The van der Waals surface area contributed by atoms with Crippen molar-refractivity contribution in [1.82, 2.24) is 10.2 Å². The molecule has 1 aromatic carbocycles. The summed E-state index contributed by atoms with van der Waals surface area (Å²) < 4.78 is 18.8. The van der Waals surface area contributed by atoms with E-state index in [-0.39, 0.29) is 29.7 Å². The third-order valence-electron chi connectivity index (χ3n) is 6.49. The number of amides is 1. The van der Waals surface area contributed by atoms with Crippen LogP contribution in [0.3, 0.4) is 0 Å². The molecule has 142 valence electrons. The van der Waals surface area contributed by atoms with Gasteiger partial charge in [-0.25, -0.2) is 4.39 Å². The third kappa shape index (κ3) is 3.50. The molecule has 1 heterocycles. The summed E-state index contributed by atoms with van der Waals surface area (Å²) in [5, 5.41) is 3.16. The SMILES string of the molecule is NC1C2CCC(C2)C1C(=O)NCC(c1ccc(F)cc1)N1CCOCC1. The van der Waals surface area contributed by atoms with Gasteiger partial charge in [-0.2, -0.15) is 0 Å². The Morgan fingerprint density at radius 2 is 1.92 bits per heavy atom. The largest absolute Gasteiger partial charge is 0.379 e. The van der Waals surface area contributed by atoms with E-state index in [2.05, 4.69) is 10.2 Å². The van der Waals surface area contributed by atoms with Crippen LogP contribution in [0.25, 0.3) is 0 Å². The number of carbonyl (C=O) groups excluding carboxylic acids is 1. The molecule has 1 saturated heterocycles. The molecule has 2 saturated carbocycles. The summed E-state index contributed by atoms with van der Waals surface area (Å²) in [7, 11) is 0. The van der Waals surface area contributed by atoms with E-state index in [9.17, 15) is 9.18 Å². The Bertz CT molecular complexity index is 630. The van der Waals surface area contributed by atoms with E-state index >= 15 is 0 Å². The van der Waals surface area contributed by atoms with E-state index < -0.39 is 0 Å². The summed E-state index contributed by atoms with van der Waals surface area (Å²) in [5.41, 5.74) is 7.33. The Labute approximate surface area is 154 Å². The Balaban J connectivity index is 1.44. The standard InChI is InChI=1S/C20H28FN3O2/c21-16-5-3-13(4-6-16)17(24-7-9-26-10-8-24)12-23-20(25)18-14-1-2-15(11-14)19(18)22/h3-6,14-15,17-19H,1-2,7-12,22H2,(H,23,25). The van der Waals surface area contributed by atoms with Gasteiger partial charge >= 0.3 is 0 Å². The lowest BCUT2D eigenvalue weighted by molar-refractivity contribution is -0.127. The molecule has 3 fully saturated rings. The molecule has 0 spiro atoms. The zero-order chi connectivity index (χ0) is 18.1. The number of fused-ring (bicyclic) bond motifs is 2. The molecule has 5 unspecified atom stereocenters. The van der Waals surface area contributed by atoms with Crippen LogP contribution >= 0.6 is 0 Å². The Morgan fingerprint density at radius 1 is 1.23 bits per heavy atom. The fourth-order valence-electron chi connectivity index (χ4n) is 5.07. The first-order valence-electron chi connectivity index (χ1n) is 9.74. The second-order valence-corrected chi connectivity index (χ2v) is 7.90. The lowest BCUT2D eigenvalue weighted by atomic mass is 9.84. The maximum atomic E-state index is 13.3. The quantitative estimate of drug-likeness (QED) is 0.838. The monoisotopic (exact) mass is 361 g/mol. The van der Waals surface area contributed by atoms with Gasteiger partial charge in [-0.05, 0) is 48.8 Å². The van der Waals surface area contributed by atoms with Crippen molar-refractivity contribution in [2.45, 2.75) is 31.3 Å². The predicted molar refractivity (Wildman–Crippen MR) is 96.8 cm³/mol. The number of rotatable bonds is 5. The van der Waals surface area contributed by atoms with Crippen LogP contribution in [0, 0.1) is 23.6 Å². The van der Waals surface area contributed by atoms with Crippen LogP contribution in [0.2, 0.25) is 0 Å². The number of nitrogens with zero attached hydrogens (tertiary/aromatic N) is 1. The average Bonchev–Trinajstić information content (AvgIpc) is 3.25. The highest BCUT2D eigenvalue weighted by atomic mass is 19.1. The van der Waals surface area contributed by atoms with E-state index in [1.165, 1.54) is 18.6 Å². The number of hydrogen-bond acceptors (Lipinski definition) is 4. The molecule has 3 aliphatic rings. The first-order valence-corrected chi connectivity index (χ1v) is 9.74. The minimum atomic E-state index is -0.244. The third-order valence-corrected chi connectivity index (χ3v) is 6.49. The summed E-state index contributed by atoms with van der Waals surface area (Å²) in [6.07, 6.45) is 3.40. The van der Waals surface area contributed by atoms with Gasteiger partial charge in [-0.15, -0.1) is 0 Å². The van der Waals surface area contributed by atoms with Crippen LogP contribution in [0.15, 0.2) is 24.3 Å². The van der Waals surface area contributed by atoms with E-state index in [0.717, 1.165) is 31.5 Å². The second kappa shape index (κ2) is 7.62. The fraction of sp³-hybridized carbons (Fsp3) is 0.650. The first kappa shape index (κ1) is 17.9. The lowest BCUT2D eigenvalue weighted by Crippen LogP contribution is -2.48. The van der Waals surface area contributed by atoms with E-state index in [4.69, 9.17) is 10.5 Å². The summed E-state index contributed by atoms with van der Waals surface area (Å²) in [6.45, 7) is 3.51.